The van der Waals surface area contributed by atoms with Crippen molar-refractivity contribution in [1.82, 2.24) is 10.3 Å². The van der Waals surface area contributed by atoms with E-state index in [1.165, 1.54) is 68.6 Å². The van der Waals surface area contributed by atoms with Crippen LogP contribution in [0.1, 0.15) is 56.0 Å². The van der Waals surface area contributed by atoms with Crippen molar-refractivity contribution in [3.63, 3.8) is 0 Å². The van der Waals surface area contributed by atoms with Crippen LogP contribution in [0, 0.1) is 12.3 Å². The van der Waals surface area contributed by atoms with Crippen LogP contribution in [0.15, 0.2) is 5.51 Å². The molecule has 2 rings (SSSR count). The molecule has 0 bridgehead atoms. The summed E-state index contributed by atoms with van der Waals surface area (Å²) in [5.41, 5.74) is 3.81. The number of hydrogen-bond acceptors (Lipinski definition) is 3. The van der Waals surface area contributed by atoms with E-state index in [1.54, 1.807) is 0 Å². The Labute approximate surface area is 115 Å². The highest BCUT2D eigenvalue weighted by atomic mass is 32.1. The van der Waals surface area contributed by atoms with Gasteiger partial charge in [-0.2, -0.15) is 0 Å². The van der Waals surface area contributed by atoms with Gasteiger partial charge in [-0.1, -0.05) is 19.8 Å². The van der Waals surface area contributed by atoms with E-state index in [0.29, 0.717) is 5.41 Å². The molecule has 1 aliphatic rings. The summed E-state index contributed by atoms with van der Waals surface area (Å²) >= 11 is 1.83. The maximum atomic E-state index is 4.36. The van der Waals surface area contributed by atoms with E-state index in [0.717, 1.165) is 0 Å². The van der Waals surface area contributed by atoms with Gasteiger partial charge in [-0.3, -0.25) is 0 Å². The lowest BCUT2D eigenvalue weighted by molar-refractivity contribution is 0.258. The third-order valence-electron chi connectivity index (χ3n) is 4.32. The zero-order valence-electron chi connectivity index (χ0n) is 11.8. The van der Waals surface area contributed by atoms with Crippen molar-refractivity contribution in [2.45, 2.75) is 58.8 Å². The fourth-order valence-electron chi connectivity index (χ4n) is 3.12. The number of aryl methyl sites for hydroxylation is 2. The minimum Gasteiger partial charge on any atom is -0.316 e. The molecule has 1 N–H and O–H groups in total. The molecular formula is C15H26N2S. The van der Waals surface area contributed by atoms with Gasteiger partial charge in [0.05, 0.1) is 11.2 Å². The first-order chi connectivity index (χ1) is 8.76. The number of nitrogens with zero attached hydrogens (tertiary/aromatic N) is 1. The van der Waals surface area contributed by atoms with E-state index in [2.05, 4.69) is 24.1 Å². The molecule has 1 heterocycles. The molecular weight excluding hydrogens is 240 g/mol. The van der Waals surface area contributed by atoms with Gasteiger partial charge in [0.1, 0.15) is 0 Å². The van der Waals surface area contributed by atoms with Crippen molar-refractivity contribution < 1.29 is 0 Å². The van der Waals surface area contributed by atoms with Crippen LogP contribution in [0.25, 0.3) is 0 Å². The minimum absolute atomic E-state index is 0.575. The van der Waals surface area contributed by atoms with E-state index in [-0.39, 0.29) is 0 Å². The van der Waals surface area contributed by atoms with Crippen molar-refractivity contribution in [1.29, 1.82) is 0 Å². The third-order valence-corrected chi connectivity index (χ3v) is 5.31. The van der Waals surface area contributed by atoms with Gasteiger partial charge < -0.3 is 5.32 Å². The smallest absolute Gasteiger partial charge is 0.0797 e. The summed E-state index contributed by atoms with van der Waals surface area (Å²) in [6.45, 7) is 6.78. The molecule has 1 aromatic rings. The molecule has 3 heteroatoms. The molecule has 0 aromatic carbocycles. The van der Waals surface area contributed by atoms with E-state index in [4.69, 9.17) is 0 Å². The fourth-order valence-corrected chi connectivity index (χ4v) is 3.90. The molecule has 1 aromatic heterocycles. The second-order valence-corrected chi connectivity index (χ2v) is 6.68. The molecule has 0 atom stereocenters. The quantitative estimate of drug-likeness (QED) is 0.756. The van der Waals surface area contributed by atoms with Crippen LogP contribution in [0.3, 0.4) is 0 Å². The highest BCUT2D eigenvalue weighted by Gasteiger charge is 2.33. The van der Waals surface area contributed by atoms with Gasteiger partial charge in [-0.25, -0.2) is 4.98 Å². The van der Waals surface area contributed by atoms with E-state index >= 15 is 0 Å². The average molecular weight is 266 g/mol. The Balaban J connectivity index is 1.88. The lowest BCUT2D eigenvalue weighted by atomic mass is 9.81. The minimum atomic E-state index is 0.575. The third kappa shape index (κ3) is 3.55. The van der Waals surface area contributed by atoms with Crippen molar-refractivity contribution in [3.8, 4) is 0 Å². The molecule has 0 saturated heterocycles. The molecule has 18 heavy (non-hydrogen) atoms. The van der Waals surface area contributed by atoms with Gasteiger partial charge in [-0.05, 0) is 51.0 Å². The summed E-state index contributed by atoms with van der Waals surface area (Å²) in [5, 5.41) is 3.65. The highest BCUT2D eigenvalue weighted by Crippen LogP contribution is 2.41. The first kappa shape index (κ1) is 14.0. The summed E-state index contributed by atoms with van der Waals surface area (Å²) in [4.78, 5) is 5.86. The van der Waals surface area contributed by atoms with E-state index in [9.17, 15) is 0 Å². The molecule has 102 valence electrons. The Morgan fingerprint density at radius 3 is 2.78 bits per heavy atom. The molecule has 0 unspecified atom stereocenters. The Morgan fingerprint density at radius 2 is 2.17 bits per heavy atom. The number of rotatable bonds is 7. The zero-order chi connectivity index (χ0) is 12.8. The van der Waals surface area contributed by atoms with Crippen molar-refractivity contribution in [2.24, 2.45) is 5.41 Å². The Kier molecular flexibility index (Phi) is 5.19. The van der Waals surface area contributed by atoms with Crippen molar-refractivity contribution >= 4 is 11.3 Å². The number of aromatic nitrogens is 1. The Hall–Kier alpha value is -0.410. The first-order valence-electron chi connectivity index (χ1n) is 7.35. The maximum absolute atomic E-state index is 4.36. The molecule has 2 nitrogen and oxygen atoms in total. The predicted octanol–water partition coefficient (Wildman–Crippen LogP) is 3.94. The summed E-state index contributed by atoms with van der Waals surface area (Å²) in [6, 6.07) is 0. The van der Waals surface area contributed by atoms with Gasteiger partial charge in [0.2, 0.25) is 0 Å². The van der Waals surface area contributed by atoms with Crippen LogP contribution in [-0.4, -0.2) is 18.1 Å². The first-order valence-corrected chi connectivity index (χ1v) is 8.23. The Bertz CT molecular complexity index is 353. The predicted molar refractivity (Wildman–Crippen MR) is 79.2 cm³/mol. The van der Waals surface area contributed by atoms with E-state index < -0.39 is 0 Å². The van der Waals surface area contributed by atoms with Crippen molar-refractivity contribution in [3.05, 3.63) is 16.1 Å². The van der Waals surface area contributed by atoms with Crippen LogP contribution in [0.4, 0.5) is 0 Å². The zero-order valence-corrected chi connectivity index (χ0v) is 12.6. The lowest BCUT2D eigenvalue weighted by Gasteiger charge is -2.29. The van der Waals surface area contributed by atoms with Crippen LogP contribution >= 0.6 is 11.3 Å². The topological polar surface area (TPSA) is 24.9 Å². The van der Waals surface area contributed by atoms with E-state index in [1.807, 2.05) is 16.8 Å². The number of nitrogens with one attached hydrogen (secondary N) is 1. The molecule has 0 spiro atoms. The lowest BCUT2D eigenvalue weighted by Crippen LogP contribution is -2.33. The summed E-state index contributed by atoms with van der Waals surface area (Å²) in [7, 11) is 0. The highest BCUT2D eigenvalue weighted by molar-refractivity contribution is 7.09. The van der Waals surface area contributed by atoms with Crippen molar-refractivity contribution in [2.75, 3.05) is 13.1 Å². The van der Waals surface area contributed by atoms with Crippen LogP contribution in [-0.2, 0) is 6.42 Å². The standard InChI is InChI=1S/C15H26N2S/c1-3-10-16-11-15(7-4-5-8-15)9-6-14-13(2)17-12-18-14/h12,16H,3-11H2,1-2H3. The molecule has 1 saturated carbocycles. The largest absolute Gasteiger partial charge is 0.316 e. The van der Waals surface area contributed by atoms with Gasteiger partial charge in [0.25, 0.3) is 0 Å². The van der Waals surface area contributed by atoms with Gasteiger partial charge in [-0.15, -0.1) is 11.3 Å². The fraction of sp³-hybridized carbons (Fsp3) is 0.800. The summed E-state index contributed by atoms with van der Waals surface area (Å²) in [6.07, 6.45) is 9.50. The second-order valence-electron chi connectivity index (χ2n) is 5.74. The average Bonchev–Trinajstić information content (AvgIpc) is 2.97. The number of thiazole rings is 1. The number of hydrogen-bond donors (Lipinski definition) is 1. The normalized spacial score (nSPS) is 18.3. The molecule has 1 aliphatic carbocycles. The molecule has 0 amide bonds. The van der Waals surface area contributed by atoms with Crippen LogP contribution in [0.2, 0.25) is 0 Å². The van der Waals surface area contributed by atoms with Gasteiger partial charge in [0.15, 0.2) is 0 Å². The molecule has 0 radical (unpaired) electrons. The molecule has 1 fully saturated rings. The SMILES string of the molecule is CCCNCC1(CCc2scnc2C)CCCC1. The summed E-state index contributed by atoms with van der Waals surface area (Å²) in [5.74, 6) is 0. The second kappa shape index (κ2) is 6.67. The monoisotopic (exact) mass is 266 g/mol. The van der Waals surface area contributed by atoms with Gasteiger partial charge in [0, 0.05) is 11.4 Å². The van der Waals surface area contributed by atoms with Crippen LogP contribution < -0.4 is 5.32 Å². The summed E-state index contributed by atoms with van der Waals surface area (Å²) < 4.78 is 0. The maximum Gasteiger partial charge on any atom is 0.0797 e. The van der Waals surface area contributed by atoms with Gasteiger partial charge >= 0.3 is 0 Å². The van der Waals surface area contributed by atoms with Crippen LogP contribution in [0.5, 0.6) is 0 Å². The Morgan fingerprint density at radius 1 is 1.39 bits per heavy atom. The molecule has 0 aliphatic heterocycles.